The summed E-state index contributed by atoms with van der Waals surface area (Å²) in [5, 5.41) is 1.39. The molecule has 5 nitrogen and oxygen atoms in total. The second kappa shape index (κ2) is 8.58. The first kappa shape index (κ1) is 23.8. The van der Waals surface area contributed by atoms with Crippen LogP contribution in [0.1, 0.15) is 21.7 Å². The topological polar surface area (TPSA) is 58.1 Å². The summed E-state index contributed by atoms with van der Waals surface area (Å²) in [5.74, 6) is -0.263. The Labute approximate surface area is 190 Å². The van der Waals surface area contributed by atoms with Crippen molar-refractivity contribution in [2.45, 2.75) is 29.6 Å². The summed E-state index contributed by atoms with van der Waals surface area (Å²) in [5.41, 5.74) is -0.339. The number of rotatable bonds is 5. The number of carbonyl (C=O) groups is 1. The first-order valence-corrected chi connectivity index (χ1v) is 10.7. The Morgan fingerprint density at radius 1 is 1.19 bits per heavy atom. The quantitative estimate of drug-likeness (QED) is 0.623. The summed E-state index contributed by atoms with van der Waals surface area (Å²) in [6.45, 7) is 2.82. The number of alkyl halides is 1. The fourth-order valence-electron chi connectivity index (χ4n) is 4.47. The van der Waals surface area contributed by atoms with Gasteiger partial charge in [0, 0.05) is 37.6 Å². The normalized spacial score (nSPS) is 19.2. The van der Waals surface area contributed by atoms with E-state index < -0.39 is 21.9 Å². The molecular weight excluding hydrogens is 417 g/mol. The van der Waals surface area contributed by atoms with Crippen LogP contribution in [0.25, 0.3) is 0 Å². The van der Waals surface area contributed by atoms with E-state index in [1.54, 1.807) is 17.3 Å². The minimum atomic E-state index is -1.60. The highest BCUT2D eigenvalue weighted by molar-refractivity contribution is 6.47. The number of likely N-dealkylation sites (tertiary alicyclic amines) is 1. The molecule has 1 saturated heterocycles. The molecule has 1 aromatic carbocycles. The molecule has 0 bridgehead atoms. The van der Waals surface area contributed by atoms with Crippen molar-refractivity contribution >= 4 is 48.9 Å². The summed E-state index contributed by atoms with van der Waals surface area (Å²) in [6, 6.07) is 3.90. The van der Waals surface area contributed by atoms with Gasteiger partial charge in [0.05, 0.1) is 11.6 Å². The summed E-state index contributed by atoms with van der Waals surface area (Å²) >= 11 is 5.85. The Hall–Kier alpha value is -1.86. The molecule has 0 spiro atoms. The van der Waals surface area contributed by atoms with Gasteiger partial charge in [-0.05, 0) is 41.1 Å². The maximum Gasteiger partial charge on any atom is 0.253 e. The molecular formula is C19H25B4ClF2N4O. The van der Waals surface area contributed by atoms with E-state index in [9.17, 15) is 9.18 Å². The summed E-state index contributed by atoms with van der Waals surface area (Å²) < 4.78 is 30.0. The zero-order valence-electron chi connectivity index (χ0n) is 18.6. The molecule has 0 atom stereocenters. The van der Waals surface area contributed by atoms with Gasteiger partial charge in [-0.1, -0.05) is 11.6 Å². The summed E-state index contributed by atoms with van der Waals surface area (Å²) in [6.07, 6.45) is 3.46. The SMILES string of the molecule is BC1(B)CN(C(=O)c2ccc(F)c(Cl)c2)CC(B)(B)C1(F)CNCc1ncc(C)cn1. The minimum absolute atomic E-state index is 0.106. The highest BCUT2D eigenvalue weighted by Gasteiger charge is 2.59. The van der Waals surface area contributed by atoms with Crippen molar-refractivity contribution in [1.29, 1.82) is 0 Å². The number of nitrogens with zero attached hydrogens (tertiary/aromatic N) is 3. The van der Waals surface area contributed by atoms with Crippen LogP contribution in [-0.2, 0) is 6.54 Å². The standard InChI is InChI=1S/C19H25B4ClF2N4O/c1-11-5-28-15(29-6-11)7-27-8-17(26)18(20,21)9-30(10-19(17,22)23)16(31)12-2-3-14(25)13(24)4-12/h2-6,27H,7-10,20-23H2,1H3. The molecule has 160 valence electrons. The largest absolute Gasteiger partial charge is 0.340 e. The van der Waals surface area contributed by atoms with E-state index in [0.717, 1.165) is 5.56 Å². The molecule has 1 N–H and O–H groups in total. The van der Waals surface area contributed by atoms with E-state index in [2.05, 4.69) is 15.3 Å². The van der Waals surface area contributed by atoms with Crippen LogP contribution in [0.2, 0.25) is 15.5 Å². The molecule has 1 fully saturated rings. The molecule has 2 heterocycles. The van der Waals surface area contributed by atoms with Crippen LogP contribution in [0.4, 0.5) is 8.78 Å². The van der Waals surface area contributed by atoms with Crippen LogP contribution < -0.4 is 5.32 Å². The Kier molecular flexibility index (Phi) is 6.59. The van der Waals surface area contributed by atoms with Crippen LogP contribution in [0, 0.1) is 12.7 Å². The Morgan fingerprint density at radius 3 is 2.32 bits per heavy atom. The highest BCUT2D eigenvalue weighted by Crippen LogP contribution is 2.54. The third-order valence-electron chi connectivity index (χ3n) is 6.26. The van der Waals surface area contributed by atoms with Gasteiger partial charge in [0.25, 0.3) is 5.91 Å². The van der Waals surface area contributed by atoms with Crippen molar-refractivity contribution in [2.24, 2.45) is 0 Å². The first-order chi connectivity index (χ1) is 14.4. The zero-order valence-corrected chi connectivity index (χ0v) is 19.4. The number of aryl methyl sites for hydroxylation is 1. The lowest BCUT2D eigenvalue weighted by atomic mass is 9.32. The van der Waals surface area contributed by atoms with Gasteiger partial charge < -0.3 is 10.2 Å². The van der Waals surface area contributed by atoms with Gasteiger partial charge in [0.2, 0.25) is 0 Å². The Balaban J connectivity index is 1.75. The third-order valence-corrected chi connectivity index (χ3v) is 6.55. The van der Waals surface area contributed by atoms with E-state index in [1.165, 1.54) is 18.2 Å². The second-order valence-electron chi connectivity index (χ2n) is 9.64. The van der Waals surface area contributed by atoms with Gasteiger partial charge >= 0.3 is 0 Å². The van der Waals surface area contributed by atoms with E-state index in [4.69, 9.17) is 11.6 Å². The van der Waals surface area contributed by atoms with Crippen molar-refractivity contribution < 1.29 is 13.6 Å². The average molecular weight is 442 g/mol. The van der Waals surface area contributed by atoms with Crippen molar-refractivity contribution in [3.8, 4) is 0 Å². The fraction of sp³-hybridized carbons (Fsp3) is 0.421. The average Bonchev–Trinajstić information content (AvgIpc) is 2.69. The summed E-state index contributed by atoms with van der Waals surface area (Å²) in [4.78, 5) is 23.2. The predicted molar refractivity (Wildman–Crippen MR) is 129 cm³/mol. The van der Waals surface area contributed by atoms with Gasteiger partial charge in [-0.15, -0.1) is 0 Å². The van der Waals surface area contributed by atoms with E-state index >= 15 is 4.39 Å². The third kappa shape index (κ3) is 4.67. The monoisotopic (exact) mass is 442 g/mol. The minimum Gasteiger partial charge on any atom is -0.340 e. The van der Waals surface area contributed by atoms with Crippen LogP contribution in [-0.4, -0.2) is 77.5 Å². The van der Waals surface area contributed by atoms with Crippen LogP contribution in [0.5, 0.6) is 0 Å². The fourth-order valence-corrected chi connectivity index (χ4v) is 4.65. The van der Waals surface area contributed by atoms with E-state index in [1.807, 2.05) is 38.3 Å². The van der Waals surface area contributed by atoms with Gasteiger partial charge in [0.1, 0.15) is 48.7 Å². The molecule has 1 amide bonds. The lowest BCUT2D eigenvalue weighted by Gasteiger charge is -2.58. The molecule has 0 unspecified atom stereocenters. The number of hydrogen-bond acceptors (Lipinski definition) is 4. The smallest absolute Gasteiger partial charge is 0.253 e. The van der Waals surface area contributed by atoms with E-state index in [-0.39, 0.29) is 30.6 Å². The van der Waals surface area contributed by atoms with Crippen molar-refractivity contribution in [3.05, 3.63) is 58.4 Å². The number of benzene rings is 1. The van der Waals surface area contributed by atoms with Crippen LogP contribution in [0.3, 0.4) is 0 Å². The predicted octanol–water partition coefficient (Wildman–Crippen LogP) is -0.704. The molecule has 12 heteroatoms. The summed E-state index contributed by atoms with van der Waals surface area (Å²) in [7, 11) is 7.32. The van der Waals surface area contributed by atoms with Gasteiger partial charge in [0.15, 0.2) is 0 Å². The molecule has 1 aromatic heterocycles. The van der Waals surface area contributed by atoms with Crippen LogP contribution in [0.15, 0.2) is 30.6 Å². The van der Waals surface area contributed by atoms with E-state index in [0.29, 0.717) is 17.9 Å². The Morgan fingerprint density at radius 2 is 1.77 bits per heavy atom. The van der Waals surface area contributed by atoms with Crippen molar-refractivity contribution in [2.75, 3.05) is 19.6 Å². The Bertz CT molecular complexity index is 960. The number of hydrogen-bond donors (Lipinski definition) is 1. The molecule has 0 aliphatic carbocycles. The van der Waals surface area contributed by atoms with Crippen molar-refractivity contribution in [1.82, 2.24) is 20.2 Å². The second-order valence-corrected chi connectivity index (χ2v) is 10.0. The number of aromatic nitrogens is 2. The number of carbonyl (C=O) groups excluding carboxylic acids is 1. The lowest BCUT2D eigenvalue weighted by molar-refractivity contribution is 0.0245. The van der Waals surface area contributed by atoms with Crippen molar-refractivity contribution in [3.63, 3.8) is 0 Å². The zero-order chi connectivity index (χ0) is 23.0. The number of amides is 1. The lowest BCUT2D eigenvalue weighted by Crippen LogP contribution is -2.67. The highest BCUT2D eigenvalue weighted by atomic mass is 35.5. The molecule has 1 aliphatic rings. The van der Waals surface area contributed by atoms with Gasteiger partial charge in [-0.3, -0.25) is 4.79 Å². The maximum atomic E-state index is 16.5. The molecule has 0 radical (unpaired) electrons. The molecule has 0 saturated carbocycles. The number of piperidine rings is 1. The molecule has 1 aliphatic heterocycles. The number of halogens is 3. The van der Waals surface area contributed by atoms with Gasteiger partial charge in [-0.25, -0.2) is 18.7 Å². The maximum absolute atomic E-state index is 16.5. The molecule has 31 heavy (non-hydrogen) atoms. The first-order valence-electron chi connectivity index (χ1n) is 10.3. The molecule has 2 aromatic rings. The number of nitrogens with one attached hydrogen (secondary N) is 1. The van der Waals surface area contributed by atoms with Gasteiger partial charge in [-0.2, -0.15) is 0 Å². The van der Waals surface area contributed by atoms with Crippen LogP contribution >= 0.6 is 11.6 Å². The molecule has 3 rings (SSSR count).